The topological polar surface area (TPSA) is 81.4 Å². The summed E-state index contributed by atoms with van der Waals surface area (Å²) in [6, 6.07) is 4.66. The van der Waals surface area contributed by atoms with E-state index < -0.39 is 5.97 Å². The first kappa shape index (κ1) is 17.1. The number of hydrogen-bond acceptors (Lipinski definition) is 4. The molecule has 2 aliphatic carbocycles. The third-order valence-electron chi connectivity index (χ3n) is 5.39. The number of nitrogens with two attached hydrogens (primary N) is 1. The maximum Gasteiger partial charge on any atom is 0.340 e. The van der Waals surface area contributed by atoms with Crippen molar-refractivity contribution in [3.63, 3.8) is 0 Å². The van der Waals surface area contributed by atoms with Crippen molar-refractivity contribution in [2.24, 2.45) is 17.8 Å². The number of carbonyl (C=O) groups excluding carboxylic acids is 2. The molecular weight excluding hydrogens is 328 g/mol. The first-order valence-electron chi connectivity index (χ1n) is 8.45. The molecule has 0 heterocycles. The molecule has 0 spiro atoms. The molecule has 130 valence electrons. The van der Waals surface area contributed by atoms with Gasteiger partial charge < -0.3 is 15.8 Å². The molecule has 24 heavy (non-hydrogen) atoms. The lowest BCUT2D eigenvalue weighted by Crippen LogP contribution is -2.42. The quantitative estimate of drug-likeness (QED) is 0.631. The third-order valence-corrected chi connectivity index (χ3v) is 5.63. The van der Waals surface area contributed by atoms with Crippen LogP contribution in [0.5, 0.6) is 0 Å². The Hall–Kier alpha value is -1.75. The van der Waals surface area contributed by atoms with Crippen LogP contribution >= 0.6 is 11.6 Å². The number of anilines is 1. The van der Waals surface area contributed by atoms with Gasteiger partial charge in [0.2, 0.25) is 0 Å². The fraction of sp³-hybridized carbons (Fsp3) is 0.556. The molecule has 2 saturated carbocycles. The minimum Gasteiger partial charge on any atom is -0.452 e. The van der Waals surface area contributed by atoms with Crippen molar-refractivity contribution in [3.8, 4) is 0 Å². The molecule has 1 amide bonds. The molecule has 3 N–H and O–H groups in total. The molecule has 5 nitrogen and oxygen atoms in total. The Bertz CT molecular complexity index is 649. The monoisotopic (exact) mass is 350 g/mol. The molecule has 0 aromatic heterocycles. The second-order valence-corrected chi connectivity index (χ2v) is 7.44. The number of carbonyl (C=O) groups is 2. The Morgan fingerprint density at radius 1 is 1.38 bits per heavy atom. The van der Waals surface area contributed by atoms with Gasteiger partial charge >= 0.3 is 5.97 Å². The maximum absolute atomic E-state index is 12.1. The highest BCUT2D eigenvalue weighted by Crippen LogP contribution is 2.49. The summed E-state index contributed by atoms with van der Waals surface area (Å²) < 4.78 is 5.06. The van der Waals surface area contributed by atoms with Crippen LogP contribution in [0.25, 0.3) is 0 Å². The second-order valence-electron chi connectivity index (χ2n) is 7.00. The van der Waals surface area contributed by atoms with Gasteiger partial charge in [0.1, 0.15) is 0 Å². The van der Waals surface area contributed by atoms with E-state index in [-0.39, 0.29) is 29.8 Å². The van der Waals surface area contributed by atoms with Gasteiger partial charge in [-0.25, -0.2) is 4.79 Å². The Morgan fingerprint density at radius 3 is 2.79 bits per heavy atom. The van der Waals surface area contributed by atoms with E-state index in [0.29, 0.717) is 10.9 Å². The molecule has 6 heteroatoms. The second kappa shape index (κ2) is 7.01. The standard InChI is InChI=1S/C18H23ClN2O3/c1-10(15-7-11-2-3-12(15)6-11)21-17(22)9-24-18(23)14-5-4-13(19)8-16(14)20/h4-5,8,10-12,15H,2-3,6-7,9,20H2,1H3,(H,21,22). The van der Waals surface area contributed by atoms with Gasteiger partial charge in [-0.2, -0.15) is 0 Å². The van der Waals surface area contributed by atoms with Crippen molar-refractivity contribution < 1.29 is 14.3 Å². The summed E-state index contributed by atoms with van der Waals surface area (Å²) in [7, 11) is 0. The van der Waals surface area contributed by atoms with Crippen molar-refractivity contribution >= 4 is 29.2 Å². The van der Waals surface area contributed by atoms with E-state index in [4.69, 9.17) is 22.1 Å². The molecule has 1 aromatic carbocycles. The number of halogens is 1. The first-order valence-corrected chi connectivity index (χ1v) is 8.83. The lowest BCUT2D eigenvalue weighted by atomic mass is 9.84. The summed E-state index contributed by atoms with van der Waals surface area (Å²) in [5, 5.41) is 3.41. The lowest BCUT2D eigenvalue weighted by molar-refractivity contribution is -0.125. The van der Waals surface area contributed by atoms with Crippen LogP contribution < -0.4 is 11.1 Å². The van der Waals surface area contributed by atoms with Crippen LogP contribution in [-0.2, 0) is 9.53 Å². The van der Waals surface area contributed by atoms with E-state index in [9.17, 15) is 9.59 Å². The summed E-state index contributed by atoms with van der Waals surface area (Å²) >= 11 is 5.80. The molecule has 0 aliphatic heterocycles. The summed E-state index contributed by atoms with van der Waals surface area (Å²) in [4.78, 5) is 24.1. The lowest BCUT2D eigenvalue weighted by Gasteiger charge is -2.28. The van der Waals surface area contributed by atoms with Crippen LogP contribution in [0.1, 0.15) is 43.0 Å². The molecule has 2 aliphatic rings. The van der Waals surface area contributed by atoms with E-state index in [2.05, 4.69) is 5.32 Å². The maximum atomic E-state index is 12.1. The molecule has 4 unspecified atom stereocenters. The number of ether oxygens (including phenoxy) is 1. The minimum absolute atomic E-state index is 0.118. The summed E-state index contributed by atoms with van der Waals surface area (Å²) in [6.45, 7) is 1.74. The third kappa shape index (κ3) is 3.66. The van der Waals surface area contributed by atoms with Crippen LogP contribution in [0.2, 0.25) is 5.02 Å². The van der Waals surface area contributed by atoms with Crippen molar-refractivity contribution in [2.75, 3.05) is 12.3 Å². The van der Waals surface area contributed by atoms with Crippen LogP contribution in [0.3, 0.4) is 0 Å². The van der Waals surface area contributed by atoms with Crippen molar-refractivity contribution in [1.82, 2.24) is 5.32 Å². The van der Waals surface area contributed by atoms with Gasteiger partial charge in [0, 0.05) is 16.8 Å². The highest BCUT2D eigenvalue weighted by atomic mass is 35.5. The van der Waals surface area contributed by atoms with Crippen LogP contribution in [0.4, 0.5) is 5.69 Å². The van der Waals surface area contributed by atoms with Gasteiger partial charge in [-0.15, -0.1) is 0 Å². The Kier molecular flexibility index (Phi) is 4.99. The molecular formula is C18H23ClN2O3. The average molecular weight is 351 g/mol. The average Bonchev–Trinajstić information content (AvgIpc) is 3.15. The number of nitrogen functional groups attached to an aromatic ring is 1. The van der Waals surface area contributed by atoms with Gasteiger partial charge in [-0.1, -0.05) is 18.0 Å². The van der Waals surface area contributed by atoms with Crippen molar-refractivity contribution in [1.29, 1.82) is 0 Å². The van der Waals surface area contributed by atoms with Gasteiger partial charge in [0.25, 0.3) is 5.91 Å². The first-order chi connectivity index (χ1) is 11.4. The summed E-state index contributed by atoms with van der Waals surface area (Å²) in [5.41, 5.74) is 6.20. The number of amides is 1. The number of fused-ring (bicyclic) bond motifs is 2. The minimum atomic E-state index is -0.619. The van der Waals surface area contributed by atoms with E-state index in [1.54, 1.807) is 6.07 Å². The highest BCUT2D eigenvalue weighted by Gasteiger charge is 2.42. The number of esters is 1. The smallest absolute Gasteiger partial charge is 0.340 e. The zero-order valence-corrected chi connectivity index (χ0v) is 14.5. The molecule has 2 fully saturated rings. The largest absolute Gasteiger partial charge is 0.452 e. The Morgan fingerprint density at radius 2 is 2.17 bits per heavy atom. The zero-order chi connectivity index (χ0) is 17.3. The normalized spacial score (nSPS) is 26.2. The molecule has 1 aromatic rings. The Balaban J connectivity index is 1.47. The van der Waals surface area contributed by atoms with Gasteiger partial charge in [-0.05, 0) is 62.1 Å². The molecule has 0 saturated heterocycles. The SMILES string of the molecule is CC(NC(=O)COC(=O)c1ccc(Cl)cc1N)C1CC2CCC1C2. The highest BCUT2D eigenvalue weighted by molar-refractivity contribution is 6.31. The van der Waals surface area contributed by atoms with Gasteiger partial charge in [0.15, 0.2) is 6.61 Å². The van der Waals surface area contributed by atoms with E-state index >= 15 is 0 Å². The number of rotatable bonds is 5. The van der Waals surface area contributed by atoms with Crippen LogP contribution in [0.15, 0.2) is 18.2 Å². The summed E-state index contributed by atoms with van der Waals surface area (Å²) in [6.07, 6.45) is 5.12. The molecule has 0 radical (unpaired) electrons. The number of nitrogens with one attached hydrogen (secondary N) is 1. The van der Waals surface area contributed by atoms with Gasteiger partial charge in [0.05, 0.1) is 5.56 Å². The molecule has 2 bridgehead atoms. The van der Waals surface area contributed by atoms with Crippen molar-refractivity contribution in [3.05, 3.63) is 28.8 Å². The van der Waals surface area contributed by atoms with Gasteiger partial charge in [-0.3, -0.25) is 4.79 Å². The summed E-state index contributed by atoms with van der Waals surface area (Å²) in [5.74, 6) is 1.24. The predicted molar refractivity (Wildman–Crippen MR) is 92.7 cm³/mol. The predicted octanol–water partition coefficient (Wildman–Crippen LogP) is 3.02. The van der Waals surface area contributed by atoms with Crippen LogP contribution in [0, 0.1) is 17.8 Å². The molecule has 4 atom stereocenters. The van der Waals surface area contributed by atoms with E-state index in [0.717, 1.165) is 11.8 Å². The van der Waals surface area contributed by atoms with E-state index in [1.807, 2.05) is 6.92 Å². The fourth-order valence-corrected chi connectivity index (χ4v) is 4.42. The van der Waals surface area contributed by atoms with E-state index in [1.165, 1.54) is 37.8 Å². The Labute approximate surface area is 146 Å². The number of hydrogen-bond donors (Lipinski definition) is 2. The number of benzene rings is 1. The zero-order valence-electron chi connectivity index (χ0n) is 13.8. The molecule has 3 rings (SSSR count). The van der Waals surface area contributed by atoms with Crippen molar-refractivity contribution in [2.45, 2.75) is 38.6 Å². The van der Waals surface area contributed by atoms with Crippen LogP contribution in [-0.4, -0.2) is 24.5 Å². The fourth-order valence-electron chi connectivity index (χ4n) is 4.24.